The van der Waals surface area contributed by atoms with Gasteiger partial charge in [-0.05, 0) is 30.9 Å². The van der Waals surface area contributed by atoms with Crippen LogP contribution in [0.3, 0.4) is 0 Å². The van der Waals surface area contributed by atoms with Gasteiger partial charge in [0.15, 0.2) is 0 Å². The summed E-state index contributed by atoms with van der Waals surface area (Å²) in [6, 6.07) is 7.61. The summed E-state index contributed by atoms with van der Waals surface area (Å²) in [5.74, 6) is 0.411. The van der Waals surface area contributed by atoms with E-state index in [-0.39, 0.29) is 31.1 Å². The zero-order valence-electron chi connectivity index (χ0n) is 13.9. The number of benzene rings is 1. The summed E-state index contributed by atoms with van der Waals surface area (Å²) < 4.78 is 31.5. The monoisotopic (exact) mass is 328 g/mol. The summed E-state index contributed by atoms with van der Waals surface area (Å²) in [5.41, 5.74) is 8.21. The third-order valence-corrected chi connectivity index (χ3v) is 4.67. The van der Waals surface area contributed by atoms with Crippen molar-refractivity contribution in [1.82, 2.24) is 4.72 Å². The van der Waals surface area contributed by atoms with E-state index < -0.39 is 10.0 Å². The summed E-state index contributed by atoms with van der Waals surface area (Å²) in [5, 5.41) is 0. The van der Waals surface area contributed by atoms with Crippen LogP contribution in [0, 0.1) is 0 Å². The molecule has 1 aromatic carbocycles. The molecule has 0 spiro atoms. The molecule has 0 aliphatic carbocycles. The van der Waals surface area contributed by atoms with Gasteiger partial charge in [-0.25, -0.2) is 13.1 Å². The highest BCUT2D eigenvalue weighted by atomic mass is 32.2. The highest BCUT2D eigenvalue weighted by Crippen LogP contribution is 2.17. The van der Waals surface area contributed by atoms with Gasteiger partial charge in [-0.15, -0.1) is 0 Å². The Morgan fingerprint density at radius 3 is 2.14 bits per heavy atom. The molecule has 0 saturated heterocycles. The van der Waals surface area contributed by atoms with E-state index in [4.69, 9.17) is 10.5 Å². The van der Waals surface area contributed by atoms with Gasteiger partial charge in [-0.2, -0.15) is 0 Å². The van der Waals surface area contributed by atoms with Gasteiger partial charge in [0, 0.05) is 12.6 Å². The maximum absolute atomic E-state index is 11.8. The summed E-state index contributed by atoms with van der Waals surface area (Å²) in [6.07, 6.45) is 0.0249. The second-order valence-corrected chi connectivity index (χ2v) is 7.94. The number of hydrogen-bond acceptors (Lipinski definition) is 4. The fourth-order valence-electron chi connectivity index (χ4n) is 1.93. The van der Waals surface area contributed by atoms with Crippen molar-refractivity contribution in [3.05, 3.63) is 35.4 Å². The van der Waals surface area contributed by atoms with Crippen LogP contribution in [0.5, 0.6) is 0 Å². The molecule has 0 aliphatic heterocycles. The molecule has 22 heavy (non-hydrogen) atoms. The van der Waals surface area contributed by atoms with Gasteiger partial charge < -0.3 is 10.5 Å². The molecule has 0 heterocycles. The predicted octanol–water partition coefficient (Wildman–Crippen LogP) is 2.15. The lowest BCUT2D eigenvalue weighted by molar-refractivity contribution is 0.0911. The van der Waals surface area contributed by atoms with E-state index >= 15 is 0 Å². The topological polar surface area (TPSA) is 81.4 Å². The highest BCUT2D eigenvalue weighted by molar-refractivity contribution is 7.89. The average Bonchev–Trinajstić information content (AvgIpc) is 2.44. The first-order valence-corrected chi connectivity index (χ1v) is 9.31. The summed E-state index contributed by atoms with van der Waals surface area (Å²) in [6.45, 7) is 8.37. The highest BCUT2D eigenvalue weighted by Gasteiger charge is 2.14. The minimum absolute atomic E-state index is 0.0249. The average molecular weight is 328 g/mol. The van der Waals surface area contributed by atoms with Crippen molar-refractivity contribution in [3.63, 3.8) is 0 Å². The largest absolute Gasteiger partial charge is 0.378 e. The zero-order valence-corrected chi connectivity index (χ0v) is 14.7. The molecular formula is C16H28N2O3S. The predicted molar refractivity (Wildman–Crippen MR) is 90.3 cm³/mol. The van der Waals surface area contributed by atoms with Crippen molar-refractivity contribution in [2.45, 2.75) is 45.8 Å². The van der Waals surface area contributed by atoms with E-state index in [9.17, 15) is 8.42 Å². The van der Waals surface area contributed by atoms with Crippen molar-refractivity contribution in [3.8, 4) is 0 Å². The smallest absolute Gasteiger partial charge is 0.213 e. The number of nitrogens with two attached hydrogens (primary N) is 1. The Morgan fingerprint density at radius 1 is 1.09 bits per heavy atom. The number of sulfonamides is 1. The van der Waals surface area contributed by atoms with Crippen LogP contribution in [-0.4, -0.2) is 33.4 Å². The second kappa shape index (κ2) is 8.62. The Kier molecular flexibility index (Phi) is 7.48. The molecule has 1 aromatic rings. The van der Waals surface area contributed by atoms with Gasteiger partial charge in [-0.3, -0.25) is 0 Å². The molecule has 1 atom stereocenters. The number of nitrogens with one attached hydrogen (secondary N) is 1. The number of hydrogen-bond donors (Lipinski definition) is 2. The Balaban J connectivity index is 2.49. The second-order valence-electron chi connectivity index (χ2n) is 6.01. The molecule has 0 amide bonds. The van der Waals surface area contributed by atoms with Gasteiger partial charge in [0.25, 0.3) is 0 Å². The van der Waals surface area contributed by atoms with Crippen LogP contribution in [0.1, 0.15) is 50.8 Å². The third-order valence-electron chi connectivity index (χ3n) is 3.36. The van der Waals surface area contributed by atoms with Crippen molar-refractivity contribution < 1.29 is 13.2 Å². The van der Waals surface area contributed by atoms with E-state index in [0.717, 1.165) is 5.56 Å². The molecule has 5 nitrogen and oxygen atoms in total. The molecule has 0 aliphatic rings. The first-order valence-electron chi connectivity index (χ1n) is 7.65. The van der Waals surface area contributed by atoms with Crippen molar-refractivity contribution in [1.29, 1.82) is 0 Å². The minimum Gasteiger partial charge on any atom is -0.378 e. The maximum atomic E-state index is 11.8. The van der Waals surface area contributed by atoms with Gasteiger partial charge in [0.05, 0.1) is 18.5 Å². The maximum Gasteiger partial charge on any atom is 0.213 e. The van der Waals surface area contributed by atoms with Gasteiger partial charge in [-0.1, -0.05) is 38.1 Å². The molecule has 6 heteroatoms. The molecule has 126 valence electrons. The lowest BCUT2D eigenvalue weighted by atomic mass is 9.99. The fraction of sp³-hybridized carbons (Fsp3) is 0.625. The Hall–Kier alpha value is -0.950. The Bertz CT molecular complexity index is 539. The van der Waals surface area contributed by atoms with Crippen LogP contribution in [0.4, 0.5) is 0 Å². The van der Waals surface area contributed by atoms with Crippen LogP contribution in [0.25, 0.3) is 0 Å². The lowest BCUT2D eigenvalue weighted by Crippen LogP contribution is -2.34. The van der Waals surface area contributed by atoms with Gasteiger partial charge >= 0.3 is 0 Å². The van der Waals surface area contributed by atoms with Gasteiger partial charge in [0.1, 0.15) is 0 Å². The standard InChI is InChI=1S/C16H28N2O3S/c1-12(2)14-5-7-15(8-6-14)16(17)11-18-22(19,20)10-9-21-13(3)4/h5-8,12-13,16,18H,9-11,17H2,1-4H3. The van der Waals surface area contributed by atoms with E-state index in [0.29, 0.717) is 5.92 Å². The molecule has 0 aromatic heterocycles. The molecule has 0 radical (unpaired) electrons. The third kappa shape index (κ3) is 6.87. The van der Waals surface area contributed by atoms with Crippen LogP contribution >= 0.6 is 0 Å². The quantitative estimate of drug-likeness (QED) is 0.728. The minimum atomic E-state index is -3.36. The molecule has 1 rings (SSSR count). The van der Waals surface area contributed by atoms with E-state index in [1.54, 1.807) is 0 Å². The van der Waals surface area contributed by atoms with Crippen molar-refractivity contribution >= 4 is 10.0 Å². The summed E-state index contributed by atoms with van der Waals surface area (Å²) in [4.78, 5) is 0. The molecule has 0 fully saturated rings. The normalized spacial score (nSPS) is 13.8. The Labute approximate surface area is 134 Å². The summed E-state index contributed by atoms with van der Waals surface area (Å²) >= 11 is 0. The van der Waals surface area contributed by atoms with E-state index in [1.165, 1.54) is 5.56 Å². The SMILES string of the molecule is CC(C)OCCS(=O)(=O)NCC(N)c1ccc(C(C)C)cc1. The first kappa shape index (κ1) is 19.1. The molecule has 1 unspecified atom stereocenters. The number of rotatable bonds is 9. The zero-order chi connectivity index (χ0) is 16.8. The summed E-state index contributed by atoms with van der Waals surface area (Å²) in [7, 11) is -3.36. The van der Waals surface area contributed by atoms with Crippen LogP contribution in [0.15, 0.2) is 24.3 Å². The van der Waals surface area contributed by atoms with E-state index in [1.807, 2.05) is 38.1 Å². The molecule has 0 saturated carbocycles. The molecular weight excluding hydrogens is 300 g/mol. The Morgan fingerprint density at radius 2 is 1.64 bits per heavy atom. The van der Waals surface area contributed by atoms with Crippen molar-refractivity contribution in [2.75, 3.05) is 18.9 Å². The van der Waals surface area contributed by atoms with Crippen LogP contribution in [-0.2, 0) is 14.8 Å². The number of ether oxygens (including phenoxy) is 1. The molecule has 0 bridgehead atoms. The first-order chi connectivity index (χ1) is 10.2. The van der Waals surface area contributed by atoms with Crippen molar-refractivity contribution in [2.24, 2.45) is 5.73 Å². The van der Waals surface area contributed by atoms with Crippen LogP contribution in [0.2, 0.25) is 0 Å². The van der Waals surface area contributed by atoms with Gasteiger partial charge in [0.2, 0.25) is 10.0 Å². The van der Waals surface area contributed by atoms with E-state index in [2.05, 4.69) is 18.6 Å². The van der Waals surface area contributed by atoms with Crippen LogP contribution < -0.4 is 10.5 Å². The lowest BCUT2D eigenvalue weighted by Gasteiger charge is -2.15. The fourth-order valence-corrected chi connectivity index (χ4v) is 2.82. The molecule has 3 N–H and O–H groups in total.